The minimum Gasteiger partial charge on any atom is -0.478 e. The normalized spacial score (nSPS) is 11.4. The molecule has 0 aromatic heterocycles. The van der Waals surface area contributed by atoms with Crippen molar-refractivity contribution in [2.24, 2.45) is 0 Å². The summed E-state index contributed by atoms with van der Waals surface area (Å²) in [6, 6.07) is 6.89. The lowest BCUT2D eigenvalue weighted by Crippen LogP contribution is -2.22. The maximum Gasteiger partial charge on any atom is 0.331 e. The van der Waals surface area contributed by atoms with Gasteiger partial charge in [0.25, 0.3) is 5.91 Å². The van der Waals surface area contributed by atoms with Crippen molar-refractivity contribution in [2.45, 2.75) is 20.3 Å². The summed E-state index contributed by atoms with van der Waals surface area (Å²) in [7, 11) is 1.53. The van der Waals surface area contributed by atoms with Crippen molar-refractivity contribution < 1.29 is 19.5 Å². The fourth-order valence-electron chi connectivity index (χ4n) is 1.60. The van der Waals surface area contributed by atoms with Crippen LogP contribution >= 0.6 is 0 Å². The number of carboxylic acids is 1. The fourth-order valence-corrected chi connectivity index (χ4v) is 1.60. The van der Waals surface area contributed by atoms with Crippen molar-refractivity contribution in [3.8, 4) is 0 Å². The molecule has 0 saturated heterocycles. The quantitative estimate of drug-likeness (QED) is 0.713. The molecule has 0 spiro atoms. The zero-order valence-electron chi connectivity index (χ0n) is 12.2. The number of carbonyl (C=O) groups excluding carboxylic acids is 2. The number of carboxylic acid groups (broad SMARTS) is 1. The molecule has 21 heavy (non-hydrogen) atoms. The third-order valence-electron chi connectivity index (χ3n) is 3.12. The Morgan fingerprint density at radius 1 is 1.10 bits per heavy atom. The third kappa shape index (κ3) is 4.45. The van der Waals surface area contributed by atoms with Gasteiger partial charge in [0.1, 0.15) is 0 Å². The van der Waals surface area contributed by atoms with Crippen molar-refractivity contribution >= 4 is 23.5 Å². The van der Waals surface area contributed by atoms with E-state index >= 15 is 0 Å². The Balaban J connectivity index is 2.98. The predicted octanol–water partition coefficient (Wildman–Crippen LogP) is 1.33. The van der Waals surface area contributed by atoms with Gasteiger partial charge >= 0.3 is 5.97 Å². The van der Waals surface area contributed by atoms with Crippen LogP contribution in [0.1, 0.15) is 19.4 Å². The average molecular weight is 290 g/mol. The van der Waals surface area contributed by atoms with Crippen LogP contribution in [-0.2, 0) is 20.8 Å². The highest BCUT2D eigenvalue weighted by molar-refractivity contribution is 6.08. The maximum absolute atomic E-state index is 12.0. The average Bonchev–Trinajstić information content (AvgIpc) is 2.47. The van der Waals surface area contributed by atoms with Gasteiger partial charge < -0.3 is 15.7 Å². The fraction of sp³-hybridized carbons (Fsp3) is 0.267. The zero-order valence-corrected chi connectivity index (χ0v) is 12.2. The molecule has 0 aliphatic rings. The monoisotopic (exact) mass is 290 g/mol. The Morgan fingerprint density at radius 3 is 2.29 bits per heavy atom. The van der Waals surface area contributed by atoms with Gasteiger partial charge in [-0.25, -0.2) is 4.79 Å². The van der Waals surface area contributed by atoms with Crippen LogP contribution in [0.2, 0.25) is 0 Å². The number of anilines is 1. The molecule has 0 saturated carbocycles. The van der Waals surface area contributed by atoms with Gasteiger partial charge in [0, 0.05) is 23.9 Å². The van der Waals surface area contributed by atoms with E-state index in [9.17, 15) is 14.4 Å². The van der Waals surface area contributed by atoms with Gasteiger partial charge in [0.05, 0.1) is 6.42 Å². The van der Waals surface area contributed by atoms with Crippen LogP contribution in [0.4, 0.5) is 5.69 Å². The Morgan fingerprint density at radius 2 is 1.71 bits per heavy atom. The molecule has 0 aliphatic carbocycles. The molecule has 0 aliphatic heterocycles. The van der Waals surface area contributed by atoms with Crippen LogP contribution in [0.5, 0.6) is 0 Å². The summed E-state index contributed by atoms with van der Waals surface area (Å²) in [5, 5.41) is 14.0. The van der Waals surface area contributed by atoms with E-state index in [-0.39, 0.29) is 23.5 Å². The van der Waals surface area contributed by atoms with Crippen LogP contribution < -0.4 is 10.6 Å². The first-order valence-corrected chi connectivity index (χ1v) is 6.37. The van der Waals surface area contributed by atoms with E-state index < -0.39 is 11.9 Å². The first kappa shape index (κ1) is 16.4. The third-order valence-corrected chi connectivity index (χ3v) is 3.12. The van der Waals surface area contributed by atoms with Crippen LogP contribution in [0.3, 0.4) is 0 Å². The number of hydrogen-bond acceptors (Lipinski definition) is 3. The van der Waals surface area contributed by atoms with Gasteiger partial charge in [-0.1, -0.05) is 18.2 Å². The lowest BCUT2D eigenvalue weighted by atomic mass is 10.1. The van der Waals surface area contributed by atoms with E-state index in [0.717, 1.165) is 0 Å². The van der Waals surface area contributed by atoms with Crippen molar-refractivity contribution in [1.29, 1.82) is 0 Å². The highest BCUT2D eigenvalue weighted by Crippen LogP contribution is 2.17. The molecule has 0 unspecified atom stereocenters. The van der Waals surface area contributed by atoms with Crippen LogP contribution in [-0.4, -0.2) is 29.9 Å². The van der Waals surface area contributed by atoms with Gasteiger partial charge in [-0.3, -0.25) is 9.59 Å². The smallest absolute Gasteiger partial charge is 0.331 e. The largest absolute Gasteiger partial charge is 0.478 e. The highest BCUT2D eigenvalue weighted by Gasteiger charge is 2.14. The Bertz CT molecular complexity index is 605. The van der Waals surface area contributed by atoms with E-state index in [1.54, 1.807) is 24.3 Å². The second-order valence-electron chi connectivity index (χ2n) is 4.52. The number of rotatable bonds is 5. The summed E-state index contributed by atoms with van der Waals surface area (Å²) in [6.45, 7) is 2.81. The van der Waals surface area contributed by atoms with Gasteiger partial charge in [-0.05, 0) is 25.5 Å². The van der Waals surface area contributed by atoms with E-state index in [1.807, 2.05) is 0 Å². The second kappa shape index (κ2) is 7.23. The van der Waals surface area contributed by atoms with Gasteiger partial charge in [0.15, 0.2) is 0 Å². The minimum atomic E-state index is -1.14. The molecule has 0 bridgehead atoms. The standard InChI is InChI=1S/C15H18N2O4/c1-9(10(2)15(20)21)14(19)17-12-7-5-4-6-11(12)8-13(18)16-3/h4-7H,8H2,1-3H3,(H,16,18)(H,17,19)(H,20,21). The van der Waals surface area contributed by atoms with Gasteiger partial charge in [-0.15, -0.1) is 0 Å². The van der Waals surface area contributed by atoms with Gasteiger partial charge in [-0.2, -0.15) is 0 Å². The van der Waals surface area contributed by atoms with E-state index in [2.05, 4.69) is 10.6 Å². The summed E-state index contributed by atoms with van der Waals surface area (Å²) in [4.78, 5) is 34.3. The number of carbonyl (C=O) groups is 3. The first-order chi connectivity index (χ1) is 9.86. The predicted molar refractivity (Wildman–Crippen MR) is 78.9 cm³/mol. The molecule has 0 atom stereocenters. The van der Waals surface area contributed by atoms with Crippen molar-refractivity contribution in [1.82, 2.24) is 5.32 Å². The summed E-state index contributed by atoms with van der Waals surface area (Å²) >= 11 is 0. The first-order valence-electron chi connectivity index (χ1n) is 6.37. The number of likely N-dealkylation sites (N-methyl/N-ethyl adjacent to an activating group) is 1. The molecule has 0 fully saturated rings. The topological polar surface area (TPSA) is 95.5 Å². The van der Waals surface area contributed by atoms with Crippen molar-refractivity contribution in [3.05, 3.63) is 41.0 Å². The Labute approximate surface area is 122 Å². The molecule has 3 N–H and O–H groups in total. The molecule has 1 aromatic carbocycles. The molecule has 0 heterocycles. The van der Waals surface area contributed by atoms with Crippen molar-refractivity contribution in [2.75, 3.05) is 12.4 Å². The van der Waals surface area contributed by atoms with E-state index in [0.29, 0.717) is 11.3 Å². The molecular formula is C15H18N2O4. The van der Waals surface area contributed by atoms with Crippen LogP contribution in [0, 0.1) is 0 Å². The number of amides is 2. The summed E-state index contributed by atoms with van der Waals surface area (Å²) in [5.74, 6) is -1.81. The number of benzene rings is 1. The van der Waals surface area contributed by atoms with E-state index in [4.69, 9.17) is 5.11 Å². The Hall–Kier alpha value is -2.63. The molecule has 1 rings (SSSR count). The van der Waals surface area contributed by atoms with E-state index in [1.165, 1.54) is 20.9 Å². The molecule has 112 valence electrons. The molecule has 6 heteroatoms. The molecule has 6 nitrogen and oxygen atoms in total. The molecular weight excluding hydrogens is 272 g/mol. The lowest BCUT2D eigenvalue weighted by Gasteiger charge is -2.11. The molecule has 2 amide bonds. The number of aliphatic carboxylic acids is 1. The lowest BCUT2D eigenvalue weighted by molar-refractivity contribution is -0.133. The molecule has 0 radical (unpaired) electrons. The SMILES string of the molecule is CNC(=O)Cc1ccccc1NC(=O)C(C)=C(C)C(=O)O. The van der Waals surface area contributed by atoms with Crippen LogP contribution in [0.25, 0.3) is 0 Å². The number of nitrogens with one attached hydrogen (secondary N) is 2. The van der Waals surface area contributed by atoms with Crippen LogP contribution in [0.15, 0.2) is 35.4 Å². The number of hydrogen-bond donors (Lipinski definition) is 3. The number of para-hydroxylation sites is 1. The second-order valence-corrected chi connectivity index (χ2v) is 4.52. The highest BCUT2D eigenvalue weighted by atomic mass is 16.4. The summed E-state index contributed by atoms with van der Waals surface area (Å²) in [5.41, 5.74) is 1.25. The molecule has 1 aromatic rings. The summed E-state index contributed by atoms with van der Waals surface area (Å²) in [6.07, 6.45) is 0.133. The maximum atomic E-state index is 12.0. The zero-order chi connectivity index (χ0) is 16.0. The van der Waals surface area contributed by atoms with Crippen molar-refractivity contribution in [3.63, 3.8) is 0 Å². The Kier molecular flexibility index (Phi) is 5.66. The minimum absolute atomic E-state index is 0.0173. The van der Waals surface area contributed by atoms with Gasteiger partial charge in [0.2, 0.25) is 5.91 Å². The summed E-state index contributed by atoms with van der Waals surface area (Å²) < 4.78 is 0.